The van der Waals surface area contributed by atoms with Crippen molar-refractivity contribution in [1.82, 2.24) is 0 Å². The van der Waals surface area contributed by atoms with Crippen molar-refractivity contribution in [3.05, 3.63) is 52.5 Å². The van der Waals surface area contributed by atoms with Gasteiger partial charge in [-0.15, -0.1) is 0 Å². The maximum Gasteiger partial charge on any atom is 0.170 e. The number of rotatable bonds is 4. The summed E-state index contributed by atoms with van der Waals surface area (Å²) >= 11 is 3.42. The van der Waals surface area contributed by atoms with Crippen LogP contribution in [0.2, 0.25) is 0 Å². The second-order valence-electron chi connectivity index (χ2n) is 3.91. The zero-order chi connectivity index (χ0) is 14.5. The molecule has 0 atom stereocenters. The Kier molecular flexibility index (Phi) is 4.47. The zero-order valence-electron chi connectivity index (χ0n) is 10.7. The number of oxime groups is 1. The molecule has 3 N–H and O–H groups in total. The van der Waals surface area contributed by atoms with E-state index in [4.69, 9.17) is 20.4 Å². The van der Waals surface area contributed by atoms with Crippen LogP contribution in [0.25, 0.3) is 0 Å². The standard InChI is InChI=1S/C14H13BrN2O3/c1-19-11-6-7-13(12(15)8-11)20-10-4-2-9(3-5-10)14(16)17-18/h2-8,18H,1H3,(H2,16,17). The van der Waals surface area contributed by atoms with Crippen LogP contribution in [0, 0.1) is 0 Å². The highest BCUT2D eigenvalue weighted by atomic mass is 79.9. The molecular weight excluding hydrogens is 324 g/mol. The molecule has 0 aliphatic rings. The van der Waals surface area contributed by atoms with Crippen LogP contribution < -0.4 is 15.2 Å². The number of nitrogens with zero attached hydrogens (tertiary/aromatic N) is 1. The van der Waals surface area contributed by atoms with Crippen LogP contribution in [0.4, 0.5) is 0 Å². The molecule has 2 rings (SSSR count). The van der Waals surface area contributed by atoms with Gasteiger partial charge in [-0.25, -0.2) is 0 Å². The lowest BCUT2D eigenvalue weighted by Gasteiger charge is -2.09. The van der Waals surface area contributed by atoms with Crippen molar-refractivity contribution in [2.24, 2.45) is 10.9 Å². The smallest absolute Gasteiger partial charge is 0.170 e. The molecule has 6 heteroatoms. The van der Waals surface area contributed by atoms with E-state index in [9.17, 15) is 0 Å². The summed E-state index contributed by atoms with van der Waals surface area (Å²) in [7, 11) is 1.61. The van der Waals surface area contributed by atoms with E-state index in [0.29, 0.717) is 17.1 Å². The van der Waals surface area contributed by atoms with E-state index in [1.165, 1.54) is 0 Å². The minimum Gasteiger partial charge on any atom is -0.497 e. The fourth-order valence-electron chi connectivity index (χ4n) is 1.57. The largest absolute Gasteiger partial charge is 0.497 e. The summed E-state index contributed by atoms with van der Waals surface area (Å²) in [4.78, 5) is 0. The molecule has 0 bridgehead atoms. The average Bonchev–Trinajstić information content (AvgIpc) is 2.49. The molecule has 0 heterocycles. The lowest BCUT2D eigenvalue weighted by Crippen LogP contribution is -2.12. The summed E-state index contributed by atoms with van der Waals surface area (Å²) in [5, 5.41) is 11.5. The van der Waals surface area contributed by atoms with Crippen molar-refractivity contribution >= 4 is 21.8 Å². The van der Waals surface area contributed by atoms with E-state index < -0.39 is 0 Å². The fourth-order valence-corrected chi connectivity index (χ4v) is 2.01. The van der Waals surface area contributed by atoms with Gasteiger partial charge in [0.2, 0.25) is 0 Å². The Balaban J connectivity index is 2.18. The van der Waals surface area contributed by atoms with E-state index >= 15 is 0 Å². The lowest BCUT2D eigenvalue weighted by molar-refractivity contribution is 0.318. The molecular formula is C14H13BrN2O3. The molecule has 2 aromatic carbocycles. The topological polar surface area (TPSA) is 77.1 Å². The summed E-state index contributed by atoms with van der Waals surface area (Å²) in [5.41, 5.74) is 6.11. The molecule has 0 saturated carbocycles. The Bertz CT molecular complexity index is 627. The predicted octanol–water partition coefficient (Wildman–Crippen LogP) is 3.34. The molecule has 0 saturated heterocycles. The molecule has 0 unspecified atom stereocenters. The first kappa shape index (κ1) is 14.2. The number of ether oxygens (including phenoxy) is 2. The number of methoxy groups -OCH3 is 1. The maximum atomic E-state index is 8.59. The maximum absolute atomic E-state index is 8.59. The average molecular weight is 337 g/mol. The van der Waals surface area contributed by atoms with Crippen molar-refractivity contribution in [1.29, 1.82) is 0 Å². The number of halogens is 1. The molecule has 0 fully saturated rings. The van der Waals surface area contributed by atoms with Crippen LogP contribution in [-0.2, 0) is 0 Å². The monoisotopic (exact) mass is 336 g/mol. The van der Waals surface area contributed by atoms with Gasteiger partial charge in [-0.1, -0.05) is 5.16 Å². The van der Waals surface area contributed by atoms with Crippen molar-refractivity contribution in [3.63, 3.8) is 0 Å². The highest BCUT2D eigenvalue weighted by molar-refractivity contribution is 9.10. The fraction of sp³-hybridized carbons (Fsp3) is 0.0714. The highest BCUT2D eigenvalue weighted by Gasteiger charge is 2.05. The molecule has 0 aliphatic heterocycles. The van der Waals surface area contributed by atoms with E-state index in [0.717, 1.165) is 10.2 Å². The van der Waals surface area contributed by atoms with Gasteiger partial charge in [-0.3, -0.25) is 0 Å². The summed E-state index contributed by atoms with van der Waals surface area (Å²) in [6.45, 7) is 0. The number of hydrogen-bond donors (Lipinski definition) is 2. The Morgan fingerprint density at radius 3 is 2.35 bits per heavy atom. The highest BCUT2D eigenvalue weighted by Crippen LogP contribution is 2.32. The third-order valence-corrected chi connectivity index (χ3v) is 3.24. The normalized spacial score (nSPS) is 11.2. The lowest BCUT2D eigenvalue weighted by atomic mass is 10.2. The van der Waals surface area contributed by atoms with Crippen LogP contribution in [0.15, 0.2) is 52.1 Å². The molecule has 0 aliphatic carbocycles. The van der Waals surface area contributed by atoms with Crippen LogP contribution in [0.1, 0.15) is 5.56 Å². The van der Waals surface area contributed by atoms with Crippen molar-refractivity contribution in [2.45, 2.75) is 0 Å². The molecule has 0 amide bonds. The van der Waals surface area contributed by atoms with E-state index in [1.807, 2.05) is 12.1 Å². The molecule has 0 spiro atoms. The van der Waals surface area contributed by atoms with Crippen LogP contribution >= 0.6 is 15.9 Å². The zero-order valence-corrected chi connectivity index (χ0v) is 12.3. The molecule has 104 valence electrons. The van der Waals surface area contributed by atoms with Crippen LogP contribution in [0.5, 0.6) is 17.2 Å². The summed E-state index contributed by atoms with van der Waals surface area (Å²) in [6.07, 6.45) is 0. The van der Waals surface area contributed by atoms with Gasteiger partial charge in [0.25, 0.3) is 0 Å². The van der Waals surface area contributed by atoms with Crippen molar-refractivity contribution in [3.8, 4) is 17.2 Å². The second-order valence-corrected chi connectivity index (χ2v) is 4.76. The minimum absolute atomic E-state index is 0.0576. The summed E-state index contributed by atoms with van der Waals surface area (Å²) < 4.78 is 11.6. The first-order valence-corrected chi connectivity index (χ1v) is 6.52. The van der Waals surface area contributed by atoms with Crippen LogP contribution in [0.3, 0.4) is 0 Å². The third kappa shape index (κ3) is 3.21. The summed E-state index contributed by atoms with van der Waals surface area (Å²) in [6, 6.07) is 12.3. The first-order valence-electron chi connectivity index (χ1n) is 5.73. The Morgan fingerprint density at radius 1 is 1.15 bits per heavy atom. The van der Waals surface area contributed by atoms with Gasteiger partial charge >= 0.3 is 0 Å². The number of amidine groups is 1. The summed E-state index contributed by atoms with van der Waals surface area (Å²) in [5.74, 6) is 2.11. The molecule has 0 radical (unpaired) electrons. The first-order chi connectivity index (χ1) is 9.63. The third-order valence-electron chi connectivity index (χ3n) is 2.62. The molecule has 5 nitrogen and oxygen atoms in total. The number of nitrogens with two attached hydrogens (primary N) is 1. The van der Waals surface area contributed by atoms with Gasteiger partial charge in [-0.05, 0) is 58.4 Å². The van der Waals surface area contributed by atoms with E-state index in [1.54, 1.807) is 37.4 Å². The number of benzene rings is 2. The van der Waals surface area contributed by atoms with Gasteiger partial charge in [-0.2, -0.15) is 0 Å². The number of hydrogen-bond acceptors (Lipinski definition) is 4. The Morgan fingerprint density at radius 2 is 1.80 bits per heavy atom. The Labute approximate surface area is 124 Å². The molecule has 2 aromatic rings. The molecule has 20 heavy (non-hydrogen) atoms. The van der Waals surface area contributed by atoms with Gasteiger partial charge in [0.1, 0.15) is 17.2 Å². The van der Waals surface area contributed by atoms with Gasteiger partial charge in [0.15, 0.2) is 5.84 Å². The molecule has 0 aromatic heterocycles. The van der Waals surface area contributed by atoms with Crippen molar-refractivity contribution in [2.75, 3.05) is 7.11 Å². The van der Waals surface area contributed by atoms with Gasteiger partial charge in [0.05, 0.1) is 11.6 Å². The van der Waals surface area contributed by atoms with E-state index in [2.05, 4.69) is 21.1 Å². The van der Waals surface area contributed by atoms with Gasteiger partial charge in [0, 0.05) is 5.56 Å². The second kappa shape index (κ2) is 6.29. The SMILES string of the molecule is COc1ccc(Oc2ccc(/C(N)=N/O)cc2)c(Br)c1. The minimum atomic E-state index is 0.0576. The Hall–Kier alpha value is -2.21. The van der Waals surface area contributed by atoms with Gasteiger partial charge < -0.3 is 20.4 Å². The quantitative estimate of drug-likeness (QED) is 0.388. The van der Waals surface area contributed by atoms with Crippen LogP contribution in [-0.4, -0.2) is 18.2 Å². The van der Waals surface area contributed by atoms with Crippen molar-refractivity contribution < 1.29 is 14.7 Å². The predicted molar refractivity (Wildman–Crippen MR) is 79.7 cm³/mol. The van der Waals surface area contributed by atoms with E-state index in [-0.39, 0.29) is 5.84 Å².